The van der Waals surface area contributed by atoms with Crippen LogP contribution in [-0.4, -0.2) is 63.3 Å². The van der Waals surface area contributed by atoms with Crippen molar-refractivity contribution in [2.24, 2.45) is 11.8 Å². The van der Waals surface area contributed by atoms with Gasteiger partial charge in [-0.2, -0.15) is 4.31 Å². The van der Waals surface area contributed by atoms with Gasteiger partial charge in [0.2, 0.25) is 15.9 Å². The van der Waals surface area contributed by atoms with Crippen LogP contribution in [0.15, 0.2) is 29.2 Å². The van der Waals surface area contributed by atoms with Crippen LogP contribution in [0.1, 0.15) is 31.2 Å². The average Bonchev–Trinajstić information content (AvgIpc) is 2.69. The van der Waals surface area contributed by atoms with Crippen molar-refractivity contribution in [2.75, 3.05) is 39.8 Å². The number of amides is 1. The molecule has 6 nitrogen and oxygen atoms in total. The smallest absolute Gasteiger partial charge is 0.243 e. The van der Waals surface area contributed by atoms with E-state index in [-0.39, 0.29) is 24.2 Å². The second-order valence-corrected chi connectivity index (χ2v) is 9.78. The lowest BCUT2D eigenvalue weighted by atomic mass is 9.93. The van der Waals surface area contributed by atoms with E-state index in [0.717, 1.165) is 50.9 Å². The molecule has 1 atom stereocenters. The number of carbonyl (C=O) groups is 1. The first-order chi connectivity index (χ1) is 12.9. The van der Waals surface area contributed by atoms with E-state index in [2.05, 4.69) is 5.32 Å². The van der Waals surface area contributed by atoms with Gasteiger partial charge in [0.25, 0.3) is 0 Å². The number of nitrogens with zero attached hydrogens (tertiary/aromatic N) is 2. The van der Waals surface area contributed by atoms with E-state index in [0.29, 0.717) is 23.9 Å². The molecule has 0 radical (unpaired) electrons. The minimum Gasteiger partial charge on any atom is -0.342 e. The van der Waals surface area contributed by atoms with Gasteiger partial charge in [-0.05, 0) is 64.3 Å². The molecule has 1 aromatic rings. The Hall–Kier alpha value is -1.15. The number of hydrogen-bond donors (Lipinski definition) is 1. The molecule has 1 N–H and O–H groups in total. The third-order valence-corrected chi connectivity index (χ3v) is 7.69. The number of aryl methyl sites for hydroxylation is 1. The quantitative estimate of drug-likeness (QED) is 0.779. The molecule has 0 saturated carbocycles. The predicted molar refractivity (Wildman–Crippen MR) is 113 cm³/mol. The van der Waals surface area contributed by atoms with Crippen LogP contribution in [0.4, 0.5) is 0 Å². The molecule has 1 unspecified atom stereocenters. The summed E-state index contributed by atoms with van der Waals surface area (Å²) >= 11 is 0. The zero-order valence-corrected chi connectivity index (χ0v) is 18.4. The average molecular weight is 430 g/mol. The van der Waals surface area contributed by atoms with Crippen LogP contribution in [0.2, 0.25) is 0 Å². The van der Waals surface area contributed by atoms with Crippen molar-refractivity contribution in [3.8, 4) is 0 Å². The van der Waals surface area contributed by atoms with Crippen molar-refractivity contribution in [3.05, 3.63) is 29.8 Å². The summed E-state index contributed by atoms with van der Waals surface area (Å²) in [4.78, 5) is 15.2. The first-order valence-corrected chi connectivity index (χ1v) is 11.4. The Morgan fingerprint density at radius 1 is 1.11 bits per heavy atom. The highest BCUT2D eigenvalue weighted by Gasteiger charge is 2.35. The fourth-order valence-electron chi connectivity index (χ4n) is 4.13. The number of sulfonamides is 1. The zero-order valence-electron chi connectivity index (χ0n) is 16.8. The SMILES string of the molecule is CNCC1CCN(C(=O)C2CCCN(S(=O)(=O)c3ccc(C)cc3)C2)CC1.Cl. The number of carbonyl (C=O) groups excluding carboxylic acids is 1. The molecule has 3 rings (SSSR count). The van der Waals surface area contributed by atoms with E-state index in [1.54, 1.807) is 12.1 Å². The maximum absolute atomic E-state index is 13.0. The first-order valence-electron chi connectivity index (χ1n) is 9.92. The predicted octanol–water partition coefficient (Wildman–Crippen LogP) is 2.28. The van der Waals surface area contributed by atoms with E-state index < -0.39 is 10.0 Å². The summed E-state index contributed by atoms with van der Waals surface area (Å²) in [5.41, 5.74) is 1.03. The minimum absolute atomic E-state index is 0. The number of nitrogens with one attached hydrogen (secondary N) is 1. The maximum atomic E-state index is 13.0. The summed E-state index contributed by atoms with van der Waals surface area (Å²) in [5, 5.41) is 3.21. The summed E-state index contributed by atoms with van der Waals surface area (Å²) in [7, 11) is -1.58. The van der Waals surface area contributed by atoms with Gasteiger partial charge in [-0.1, -0.05) is 17.7 Å². The summed E-state index contributed by atoms with van der Waals surface area (Å²) in [6.07, 6.45) is 3.54. The zero-order chi connectivity index (χ0) is 19.4. The van der Waals surface area contributed by atoms with Crippen LogP contribution in [0.25, 0.3) is 0 Å². The van der Waals surface area contributed by atoms with Gasteiger partial charge in [0.05, 0.1) is 10.8 Å². The van der Waals surface area contributed by atoms with E-state index in [9.17, 15) is 13.2 Å². The summed E-state index contributed by atoms with van der Waals surface area (Å²) < 4.78 is 27.4. The largest absolute Gasteiger partial charge is 0.342 e. The molecule has 0 aromatic heterocycles. The molecule has 2 saturated heterocycles. The molecular formula is C20H32ClN3O3S. The number of rotatable bonds is 5. The van der Waals surface area contributed by atoms with Gasteiger partial charge in [0.15, 0.2) is 0 Å². The normalized spacial score (nSPS) is 21.9. The van der Waals surface area contributed by atoms with Gasteiger partial charge in [-0.25, -0.2) is 8.42 Å². The van der Waals surface area contributed by atoms with Crippen LogP contribution < -0.4 is 5.32 Å². The van der Waals surface area contributed by atoms with Crippen molar-refractivity contribution in [1.82, 2.24) is 14.5 Å². The standard InChI is InChI=1S/C20H31N3O3S.ClH/c1-16-5-7-19(8-6-16)27(25,26)23-11-3-4-18(15-23)20(24)22-12-9-17(10-13-22)14-21-2;/h5-8,17-18,21H,3-4,9-15H2,1-2H3;1H. The second kappa shape index (κ2) is 10.1. The molecule has 2 heterocycles. The van der Waals surface area contributed by atoms with Gasteiger partial charge in [-0.3, -0.25) is 4.79 Å². The number of likely N-dealkylation sites (tertiary alicyclic amines) is 1. The second-order valence-electron chi connectivity index (χ2n) is 7.84. The van der Waals surface area contributed by atoms with E-state index in [4.69, 9.17) is 0 Å². The summed E-state index contributed by atoms with van der Waals surface area (Å²) in [6.45, 7) is 5.29. The highest BCUT2D eigenvalue weighted by atomic mass is 35.5. The molecule has 0 bridgehead atoms. The lowest BCUT2D eigenvalue weighted by molar-refractivity contribution is -0.138. The molecule has 2 aliphatic heterocycles. The van der Waals surface area contributed by atoms with E-state index in [1.165, 1.54) is 4.31 Å². The number of hydrogen-bond acceptors (Lipinski definition) is 4. The van der Waals surface area contributed by atoms with Gasteiger partial charge < -0.3 is 10.2 Å². The number of halogens is 1. The van der Waals surface area contributed by atoms with Gasteiger partial charge in [0, 0.05) is 26.2 Å². The van der Waals surface area contributed by atoms with Gasteiger partial charge in [-0.15, -0.1) is 12.4 Å². The van der Waals surface area contributed by atoms with E-state index >= 15 is 0 Å². The molecule has 0 aliphatic carbocycles. The molecular weight excluding hydrogens is 398 g/mol. The lowest BCUT2D eigenvalue weighted by Crippen LogP contribution is -2.49. The lowest BCUT2D eigenvalue weighted by Gasteiger charge is -2.37. The maximum Gasteiger partial charge on any atom is 0.243 e. The molecule has 1 amide bonds. The molecule has 8 heteroatoms. The molecule has 0 spiro atoms. The van der Waals surface area contributed by atoms with Crippen molar-refractivity contribution in [3.63, 3.8) is 0 Å². The molecule has 2 fully saturated rings. The first kappa shape index (κ1) is 23.1. The third-order valence-electron chi connectivity index (χ3n) is 5.81. The van der Waals surface area contributed by atoms with E-state index in [1.807, 2.05) is 31.0 Å². The fourth-order valence-corrected chi connectivity index (χ4v) is 5.65. The van der Waals surface area contributed by atoms with Crippen molar-refractivity contribution in [1.29, 1.82) is 0 Å². The Bertz CT molecular complexity index is 746. The Balaban J connectivity index is 0.00000280. The Labute approximate surface area is 175 Å². The Morgan fingerprint density at radius 2 is 1.75 bits per heavy atom. The summed E-state index contributed by atoms with van der Waals surface area (Å²) in [5.74, 6) is 0.533. The van der Waals surface area contributed by atoms with Crippen LogP contribution in [0.5, 0.6) is 0 Å². The molecule has 2 aliphatic rings. The van der Waals surface area contributed by atoms with Gasteiger partial charge in [0.1, 0.15) is 0 Å². The fraction of sp³-hybridized carbons (Fsp3) is 0.650. The molecule has 158 valence electrons. The van der Waals surface area contributed by atoms with Crippen LogP contribution in [0.3, 0.4) is 0 Å². The highest BCUT2D eigenvalue weighted by molar-refractivity contribution is 7.89. The number of benzene rings is 1. The molecule has 1 aromatic carbocycles. The van der Waals surface area contributed by atoms with Crippen molar-refractivity contribution < 1.29 is 13.2 Å². The van der Waals surface area contributed by atoms with Crippen molar-refractivity contribution in [2.45, 2.75) is 37.5 Å². The monoisotopic (exact) mass is 429 g/mol. The Kier molecular flexibility index (Phi) is 8.30. The van der Waals surface area contributed by atoms with Crippen LogP contribution >= 0.6 is 12.4 Å². The molecule has 28 heavy (non-hydrogen) atoms. The number of piperidine rings is 2. The summed E-state index contributed by atoms with van der Waals surface area (Å²) in [6, 6.07) is 6.94. The van der Waals surface area contributed by atoms with Gasteiger partial charge >= 0.3 is 0 Å². The topological polar surface area (TPSA) is 69.7 Å². The highest BCUT2D eigenvalue weighted by Crippen LogP contribution is 2.27. The third kappa shape index (κ3) is 5.26. The van der Waals surface area contributed by atoms with Crippen molar-refractivity contribution >= 4 is 28.3 Å². The van der Waals surface area contributed by atoms with Crippen LogP contribution in [0, 0.1) is 18.8 Å². The minimum atomic E-state index is -3.54. The van der Waals surface area contributed by atoms with Crippen LogP contribution in [-0.2, 0) is 14.8 Å². The Morgan fingerprint density at radius 3 is 2.36 bits per heavy atom.